The van der Waals surface area contributed by atoms with Crippen molar-refractivity contribution in [1.82, 2.24) is 9.97 Å². The highest BCUT2D eigenvalue weighted by atomic mass is 32.2. The fraction of sp³-hybridized carbons (Fsp3) is 0.600. The average molecular weight is 200 g/mol. The van der Waals surface area contributed by atoms with Gasteiger partial charge in [-0.2, -0.15) is 0 Å². The van der Waals surface area contributed by atoms with Crippen LogP contribution < -0.4 is 0 Å². The van der Waals surface area contributed by atoms with Crippen molar-refractivity contribution in [2.24, 2.45) is 0 Å². The van der Waals surface area contributed by atoms with Crippen LogP contribution in [-0.2, 0) is 0 Å². The maximum atomic E-state index is 4.02. The minimum atomic E-state index is 0.827. The number of rotatable bonds is 1. The van der Waals surface area contributed by atoms with Crippen molar-refractivity contribution in [2.75, 3.05) is 6.26 Å². The monoisotopic (exact) mass is 200 g/mol. The molecule has 0 saturated carbocycles. The molecule has 0 bridgehead atoms. The molecular weight excluding hydrogens is 180 g/mol. The van der Waals surface area contributed by atoms with Gasteiger partial charge >= 0.3 is 0 Å². The Kier molecular flexibility index (Phi) is 13.1. The Bertz CT molecular complexity index is 185. The van der Waals surface area contributed by atoms with Crippen molar-refractivity contribution in [3.8, 4) is 0 Å². The predicted octanol–water partition coefficient (Wildman–Crippen LogP) is 3.56. The SMILES string of the molecule is CC.CC.CSc1cnc(C)nc1. The van der Waals surface area contributed by atoms with Gasteiger partial charge in [0.05, 0.1) is 0 Å². The van der Waals surface area contributed by atoms with E-state index < -0.39 is 0 Å². The molecule has 2 nitrogen and oxygen atoms in total. The molecule has 0 aliphatic rings. The van der Waals surface area contributed by atoms with E-state index in [1.165, 1.54) is 0 Å². The Morgan fingerprint density at radius 2 is 1.38 bits per heavy atom. The third kappa shape index (κ3) is 7.78. The first-order chi connectivity index (χ1) is 6.33. The summed E-state index contributed by atoms with van der Waals surface area (Å²) in [5, 5.41) is 0. The van der Waals surface area contributed by atoms with E-state index in [1.54, 1.807) is 11.8 Å². The van der Waals surface area contributed by atoms with Gasteiger partial charge < -0.3 is 0 Å². The lowest BCUT2D eigenvalue weighted by molar-refractivity contribution is 1.01. The minimum Gasteiger partial charge on any atom is -0.241 e. The number of aromatic nitrogens is 2. The standard InChI is InChI=1S/C6H8N2S.2C2H6/c1-5-7-3-6(9-2)4-8-5;2*1-2/h3-4H,1-2H3;2*1-2H3. The lowest BCUT2D eigenvalue weighted by Gasteiger charge is -1.92. The first-order valence-electron chi connectivity index (χ1n) is 4.65. The average Bonchev–Trinajstić information content (AvgIpc) is 2.25. The molecule has 3 heteroatoms. The van der Waals surface area contributed by atoms with Crippen LogP contribution in [0.15, 0.2) is 17.3 Å². The zero-order valence-electron chi connectivity index (χ0n) is 9.46. The number of hydrogen-bond acceptors (Lipinski definition) is 3. The van der Waals surface area contributed by atoms with Crippen LogP contribution in [0.1, 0.15) is 33.5 Å². The normalized spacial score (nSPS) is 7.54. The summed E-state index contributed by atoms with van der Waals surface area (Å²) in [6.45, 7) is 9.88. The number of aryl methyl sites for hydroxylation is 1. The molecule has 1 aromatic rings. The van der Waals surface area contributed by atoms with Gasteiger partial charge in [0.2, 0.25) is 0 Å². The topological polar surface area (TPSA) is 25.8 Å². The van der Waals surface area contributed by atoms with Gasteiger partial charge in [-0.15, -0.1) is 11.8 Å². The first kappa shape index (κ1) is 14.9. The van der Waals surface area contributed by atoms with E-state index in [0.29, 0.717) is 0 Å². The van der Waals surface area contributed by atoms with Crippen molar-refractivity contribution in [3.63, 3.8) is 0 Å². The lowest BCUT2D eigenvalue weighted by atomic mass is 10.6. The zero-order chi connectivity index (χ0) is 10.7. The molecule has 0 spiro atoms. The highest BCUT2D eigenvalue weighted by Crippen LogP contribution is 2.09. The van der Waals surface area contributed by atoms with Crippen molar-refractivity contribution in [1.29, 1.82) is 0 Å². The van der Waals surface area contributed by atoms with Gasteiger partial charge in [-0.05, 0) is 13.2 Å². The fourth-order valence-electron chi connectivity index (χ4n) is 0.486. The highest BCUT2D eigenvalue weighted by molar-refractivity contribution is 7.98. The number of nitrogens with zero attached hydrogens (tertiary/aromatic N) is 2. The lowest BCUT2D eigenvalue weighted by Crippen LogP contribution is -1.84. The van der Waals surface area contributed by atoms with Crippen LogP contribution in [0.2, 0.25) is 0 Å². The van der Waals surface area contributed by atoms with Crippen LogP contribution in [-0.4, -0.2) is 16.2 Å². The minimum absolute atomic E-state index is 0.827. The summed E-state index contributed by atoms with van der Waals surface area (Å²) >= 11 is 1.65. The van der Waals surface area contributed by atoms with Gasteiger partial charge in [-0.25, -0.2) is 9.97 Å². The van der Waals surface area contributed by atoms with Gasteiger partial charge in [0.1, 0.15) is 5.82 Å². The molecule has 1 rings (SSSR count). The van der Waals surface area contributed by atoms with E-state index in [2.05, 4.69) is 9.97 Å². The van der Waals surface area contributed by atoms with Crippen LogP contribution in [0, 0.1) is 6.92 Å². The Morgan fingerprint density at radius 1 is 1.00 bits per heavy atom. The molecule has 76 valence electrons. The summed E-state index contributed by atoms with van der Waals surface area (Å²) in [7, 11) is 0. The Labute approximate surface area is 86.2 Å². The molecular formula is C10H20N2S. The van der Waals surface area contributed by atoms with Gasteiger partial charge in [0.15, 0.2) is 0 Å². The molecule has 0 fully saturated rings. The van der Waals surface area contributed by atoms with Gasteiger partial charge in [-0.1, -0.05) is 27.7 Å². The Hall–Kier alpha value is -0.570. The number of hydrogen-bond donors (Lipinski definition) is 0. The van der Waals surface area contributed by atoms with E-state index in [4.69, 9.17) is 0 Å². The molecule has 0 saturated heterocycles. The van der Waals surface area contributed by atoms with Crippen LogP contribution in [0.5, 0.6) is 0 Å². The summed E-state index contributed by atoms with van der Waals surface area (Å²) in [6, 6.07) is 0. The summed E-state index contributed by atoms with van der Waals surface area (Å²) in [5.41, 5.74) is 0. The molecule has 0 N–H and O–H groups in total. The molecule has 1 aromatic heterocycles. The summed E-state index contributed by atoms with van der Waals surface area (Å²) in [5.74, 6) is 0.827. The fourth-order valence-corrected chi connectivity index (χ4v) is 0.802. The van der Waals surface area contributed by atoms with E-state index >= 15 is 0 Å². The number of thioether (sulfide) groups is 1. The Morgan fingerprint density at radius 3 is 1.69 bits per heavy atom. The van der Waals surface area contributed by atoms with E-state index in [0.717, 1.165) is 10.7 Å². The molecule has 0 radical (unpaired) electrons. The van der Waals surface area contributed by atoms with Crippen molar-refractivity contribution >= 4 is 11.8 Å². The van der Waals surface area contributed by atoms with Gasteiger partial charge in [-0.3, -0.25) is 0 Å². The predicted molar refractivity (Wildman–Crippen MR) is 61.2 cm³/mol. The second kappa shape index (κ2) is 11.4. The zero-order valence-corrected chi connectivity index (χ0v) is 10.3. The van der Waals surface area contributed by atoms with Crippen molar-refractivity contribution in [3.05, 3.63) is 18.2 Å². The molecule has 1 heterocycles. The molecule has 0 unspecified atom stereocenters. The van der Waals surface area contributed by atoms with Gasteiger partial charge in [0.25, 0.3) is 0 Å². The third-order valence-corrected chi connectivity index (χ3v) is 1.68. The molecule has 0 amide bonds. The van der Waals surface area contributed by atoms with Crippen LogP contribution in [0.25, 0.3) is 0 Å². The maximum absolute atomic E-state index is 4.02. The largest absolute Gasteiger partial charge is 0.241 e. The first-order valence-corrected chi connectivity index (χ1v) is 5.88. The van der Waals surface area contributed by atoms with E-state index in [1.807, 2.05) is 53.3 Å². The van der Waals surface area contributed by atoms with Gasteiger partial charge in [0, 0.05) is 17.3 Å². The highest BCUT2D eigenvalue weighted by Gasteiger charge is 1.88. The Balaban J connectivity index is 0. The molecule has 0 aliphatic heterocycles. The molecule has 0 aliphatic carbocycles. The molecule has 13 heavy (non-hydrogen) atoms. The second-order valence-corrected chi connectivity index (χ2v) is 2.55. The maximum Gasteiger partial charge on any atom is 0.125 e. The smallest absolute Gasteiger partial charge is 0.125 e. The molecule has 0 aromatic carbocycles. The third-order valence-electron chi connectivity index (χ3n) is 0.993. The van der Waals surface area contributed by atoms with Crippen molar-refractivity contribution in [2.45, 2.75) is 39.5 Å². The second-order valence-electron chi connectivity index (χ2n) is 1.67. The summed E-state index contributed by atoms with van der Waals surface area (Å²) in [4.78, 5) is 9.15. The van der Waals surface area contributed by atoms with Crippen LogP contribution >= 0.6 is 11.8 Å². The van der Waals surface area contributed by atoms with E-state index in [9.17, 15) is 0 Å². The summed E-state index contributed by atoms with van der Waals surface area (Å²) < 4.78 is 0. The van der Waals surface area contributed by atoms with Crippen LogP contribution in [0.3, 0.4) is 0 Å². The van der Waals surface area contributed by atoms with E-state index in [-0.39, 0.29) is 0 Å². The van der Waals surface area contributed by atoms with Crippen molar-refractivity contribution < 1.29 is 0 Å². The summed E-state index contributed by atoms with van der Waals surface area (Å²) in [6.07, 6.45) is 5.66. The van der Waals surface area contributed by atoms with Crippen LogP contribution in [0.4, 0.5) is 0 Å². The quantitative estimate of drug-likeness (QED) is 0.648. The molecule has 0 atom stereocenters.